The maximum absolute atomic E-state index is 11.4. The molecule has 0 unspecified atom stereocenters. The molecule has 2 rings (SSSR count). The third kappa shape index (κ3) is 1.27. The molecule has 0 radical (unpaired) electrons. The van der Waals surface area contributed by atoms with Crippen molar-refractivity contribution in [1.82, 2.24) is 9.78 Å². The fourth-order valence-electron chi connectivity index (χ4n) is 1.37. The van der Waals surface area contributed by atoms with Crippen LogP contribution in [-0.4, -0.2) is 22.9 Å². The number of methoxy groups -OCH3 is 1. The van der Waals surface area contributed by atoms with Crippen LogP contribution in [0.5, 0.6) is 0 Å². The summed E-state index contributed by atoms with van der Waals surface area (Å²) >= 11 is 3.29. The topological polar surface area (TPSA) is 44.1 Å². The first kappa shape index (κ1) is 8.74. The minimum absolute atomic E-state index is 0.205. The van der Waals surface area contributed by atoms with Crippen LogP contribution in [-0.2, 0) is 15.1 Å². The minimum atomic E-state index is -0.513. The van der Waals surface area contributed by atoms with E-state index in [1.54, 1.807) is 17.1 Å². The van der Waals surface area contributed by atoms with Gasteiger partial charge in [0.1, 0.15) is 0 Å². The summed E-state index contributed by atoms with van der Waals surface area (Å²) in [5.41, 5.74) is -0.513. The number of nitrogens with zero attached hydrogens (tertiary/aromatic N) is 2. The number of aromatic nitrogens is 2. The lowest BCUT2D eigenvalue weighted by molar-refractivity contribution is -0.146. The van der Waals surface area contributed by atoms with Gasteiger partial charge in [0.2, 0.25) is 0 Å². The molecule has 5 heteroatoms. The van der Waals surface area contributed by atoms with Gasteiger partial charge in [-0.25, -0.2) is 4.79 Å². The van der Waals surface area contributed by atoms with Gasteiger partial charge in [-0.1, -0.05) is 0 Å². The first-order valence-corrected chi connectivity index (χ1v) is 4.77. The van der Waals surface area contributed by atoms with Crippen LogP contribution in [0.4, 0.5) is 0 Å². The molecule has 1 aromatic heterocycles. The number of esters is 1. The Morgan fingerprint density at radius 2 is 2.46 bits per heavy atom. The van der Waals surface area contributed by atoms with E-state index in [9.17, 15) is 4.79 Å². The van der Waals surface area contributed by atoms with Crippen molar-refractivity contribution in [3.63, 3.8) is 0 Å². The minimum Gasteiger partial charge on any atom is -0.467 e. The van der Waals surface area contributed by atoms with Gasteiger partial charge in [-0.15, -0.1) is 0 Å². The second-order valence-corrected chi connectivity index (χ2v) is 4.04. The highest BCUT2D eigenvalue weighted by Gasteiger charge is 2.53. The normalized spacial score (nSPS) is 18.3. The monoisotopic (exact) mass is 244 g/mol. The highest BCUT2D eigenvalue weighted by atomic mass is 79.9. The highest BCUT2D eigenvalue weighted by Crippen LogP contribution is 2.44. The average molecular weight is 245 g/mol. The second-order valence-electron chi connectivity index (χ2n) is 3.13. The molecule has 0 N–H and O–H groups in total. The lowest BCUT2D eigenvalue weighted by Gasteiger charge is -2.12. The molecule has 0 aliphatic heterocycles. The van der Waals surface area contributed by atoms with Gasteiger partial charge in [-0.05, 0) is 28.8 Å². The first-order chi connectivity index (χ1) is 6.19. The van der Waals surface area contributed by atoms with E-state index in [1.165, 1.54) is 7.11 Å². The molecule has 0 bridgehead atoms. The Morgan fingerprint density at radius 1 is 1.77 bits per heavy atom. The van der Waals surface area contributed by atoms with Crippen molar-refractivity contribution in [3.8, 4) is 0 Å². The molecule has 1 fully saturated rings. The number of halogens is 1. The Morgan fingerprint density at radius 3 is 2.85 bits per heavy atom. The molecule has 1 saturated carbocycles. The molecule has 0 aromatic carbocycles. The van der Waals surface area contributed by atoms with Crippen LogP contribution >= 0.6 is 15.9 Å². The van der Waals surface area contributed by atoms with E-state index in [0.717, 1.165) is 17.3 Å². The van der Waals surface area contributed by atoms with Crippen molar-refractivity contribution in [2.45, 2.75) is 18.4 Å². The van der Waals surface area contributed by atoms with Crippen LogP contribution in [0.25, 0.3) is 0 Å². The van der Waals surface area contributed by atoms with Crippen molar-refractivity contribution in [2.24, 2.45) is 0 Å². The fourth-order valence-corrected chi connectivity index (χ4v) is 1.66. The maximum Gasteiger partial charge on any atom is 0.333 e. The van der Waals surface area contributed by atoms with Gasteiger partial charge in [0.15, 0.2) is 5.54 Å². The van der Waals surface area contributed by atoms with Gasteiger partial charge >= 0.3 is 5.97 Å². The van der Waals surface area contributed by atoms with Gasteiger partial charge in [0.25, 0.3) is 0 Å². The SMILES string of the molecule is COC(=O)C1(n2cc(Br)cn2)CC1. The predicted octanol–water partition coefficient (Wildman–Crippen LogP) is 1.31. The summed E-state index contributed by atoms with van der Waals surface area (Å²) < 4.78 is 7.27. The van der Waals surface area contributed by atoms with Crippen LogP contribution in [0.1, 0.15) is 12.8 Å². The summed E-state index contributed by atoms with van der Waals surface area (Å²) in [5.74, 6) is -0.205. The van der Waals surface area contributed by atoms with Crippen molar-refractivity contribution < 1.29 is 9.53 Å². The van der Waals surface area contributed by atoms with Crippen LogP contribution in [0.15, 0.2) is 16.9 Å². The smallest absolute Gasteiger partial charge is 0.333 e. The molecule has 1 aliphatic rings. The quantitative estimate of drug-likeness (QED) is 0.738. The Kier molecular flexibility index (Phi) is 1.91. The van der Waals surface area contributed by atoms with Gasteiger partial charge in [0.05, 0.1) is 17.8 Å². The number of hydrogen-bond donors (Lipinski definition) is 0. The zero-order chi connectivity index (χ0) is 9.47. The van der Waals surface area contributed by atoms with E-state index < -0.39 is 5.54 Å². The molecular formula is C8H9BrN2O2. The molecule has 0 spiro atoms. The molecule has 0 saturated heterocycles. The summed E-state index contributed by atoms with van der Waals surface area (Å²) in [6.07, 6.45) is 5.09. The zero-order valence-corrected chi connectivity index (χ0v) is 8.74. The standard InChI is InChI=1S/C8H9BrN2O2/c1-13-7(12)8(2-3-8)11-5-6(9)4-10-11/h4-5H,2-3H2,1H3. The van der Waals surface area contributed by atoms with Crippen LogP contribution in [0, 0.1) is 0 Å². The molecule has 4 nitrogen and oxygen atoms in total. The molecule has 1 heterocycles. The van der Waals surface area contributed by atoms with Crippen LogP contribution in [0.2, 0.25) is 0 Å². The highest BCUT2D eigenvalue weighted by molar-refractivity contribution is 9.10. The Balaban J connectivity index is 2.30. The van der Waals surface area contributed by atoms with E-state index in [2.05, 4.69) is 21.0 Å². The van der Waals surface area contributed by atoms with Gasteiger partial charge in [-0.2, -0.15) is 5.10 Å². The second kappa shape index (κ2) is 2.83. The summed E-state index contributed by atoms with van der Waals surface area (Å²) in [5, 5.41) is 4.09. The summed E-state index contributed by atoms with van der Waals surface area (Å²) in [6.45, 7) is 0. The molecular weight excluding hydrogens is 236 g/mol. The molecule has 1 aromatic rings. The molecule has 0 amide bonds. The molecule has 70 valence electrons. The molecule has 13 heavy (non-hydrogen) atoms. The van der Waals surface area contributed by atoms with Crippen molar-refractivity contribution in [1.29, 1.82) is 0 Å². The van der Waals surface area contributed by atoms with Crippen molar-refractivity contribution in [3.05, 3.63) is 16.9 Å². The Hall–Kier alpha value is -0.840. The maximum atomic E-state index is 11.4. The molecule has 0 atom stereocenters. The van der Waals surface area contributed by atoms with E-state index in [0.29, 0.717) is 0 Å². The first-order valence-electron chi connectivity index (χ1n) is 3.98. The number of rotatable bonds is 2. The van der Waals surface area contributed by atoms with E-state index in [1.807, 2.05) is 0 Å². The lowest BCUT2D eigenvalue weighted by Crippen LogP contribution is -2.29. The Labute approximate surface area is 84.0 Å². The van der Waals surface area contributed by atoms with Gasteiger partial charge in [0, 0.05) is 6.20 Å². The molecule has 1 aliphatic carbocycles. The zero-order valence-electron chi connectivity index (χ0n) is 7.16. The average Bonchev–Trinajstić information content (AvgIpc) is 2.83. The van der Waals surface area contributed by atoms with Crippen LogP contribution in [0.3, 0.4) is 0 Å². The van der Waals surface area contributed by atoms with Gasteiger partial charge < -0.3 is 4.74 Å². The fraction of sp³-hybridized carbons (Fsp3) is 0.500. The number of hydrogen-bond acceptors (Lipinski definition) is 3. The summed E-state index contributed by atoms with van der Waals surface area (Å²) in [7, 11) is 1.40. The largest absolute Gasteiger partial charge is 0.467 e. The van der Waals surface area contributed by atoms with E-state index in [-0.39, 0.29) is 5.97 Å². The Bertz CT molecular complexity index is 344. The predicted molar refractivity (Wildman–Crippen MR) is 49.2 cm³/mol. The van der Waals surface area contributed by atoms with Crippen molar-refractivity contribution >= 4 is 21.9 Å². The summed E-state index contributed by atoms with van der Waals surface area (Å²) in [6, 6.07) is 0. The number of carbonyl (C=O) groups excluding carboxylic acids is 1. The third-order valence-corrected chi connectivity index (χ3v) is 2.69. The van der Waals surface area contributed by atoms with E-state index >= 15 is 0 Å². The van der Waals surface area contributed by atoms with Crippen molar-refractivity contribution in [2.75, 3.05) is 7.11 Å². The third-order valence-electron chi connectivity index (χ3n) is 2.28. The van der Waals surface area contributed by atoms with E-state index in [4.69, 9.17) is 4.74 Å². The van der Waals surface area contributed by atoms with Crippen LogP contribution < -0.4 is 0 Å². The number of carbonyl (C=O) groups is 1. The number of ether oxygens (including phenoxy) is 1. The lowest BCUT2D eigenvalue weighted by atomic mass is 10.3. The summed E-state index contributed by atoms with van der Waals surface area (Å²) in [4.78, 5) is 11.4. The van der Waals surface area contributed by atoms with Gasteiger partial charge in [-0.3, -0.25) is 4.68 Å².